The first-order valence-electron chi connectivity index (χ1n) is 10.5. The Labute approximate surface area is 196 Å². The molecular formula is C25H22N8O. The number of nitrogens with two attached hydrogens (primary N) is 1. The van der Waals surface area contributed by atoms with Crippen LogP contribution in [0.5, 0.6) is 0 Å². The lowest BCUT2D eigenvalue weighted by Crippen LogP contribution is -2.36. The zero-order valence-corrected chi connectivity index (χ0v) is 18.2. The number of carbonyl (C=O) groups excluding carboxylic acids is 1. The quantitative estimate of drug-likeness (QED) is 0.183. The summed E-state index contributed by atoms with van der Waals surface area (Å²) in [6.07, 6.45) is 3.16. The van der Waals surface area contributed by atoms with Crippen LogP contribution in [0.25, 0.3) is 10.9 Å². The van der Waals surface area contributed by atoms with E-state index in [0.29, 0.717) is 22.6 Å². The summed E-state index contributed by atoms with van der Waals surface area (Å²) in [5.74, 6) is 0.0662. The van der Waals surface area contributed by atoms with E-state index in [0.717, 1.165) is 10.9 Å². The number of para-hydroxylation sites is 1. The Hall–Kier alpha value is -4.97. The van der Waals surface area contributed by atoms with Gasteiger partial charge in [0.25, 0.3) is 5.91 Å². The van der Waals surface area contributed by atoms with Crippen LogP contribution in [0.1, 0.15) is 11.1 Å². The number of aromatic amines is 1. The lowest BCUT2D eigenvalue weighted by Gasteiger charge is -2.23. The van der Waals surface area contributed by atoms with Crippen LogP contribution in [0.15, 0.2) is 79.3 Å². The number of anilines is 3. The molecule has 0 spiro atoms. The molecule has 1 amide bonds. The molecule has 2 aromatic heterocycles. The highest BCUT2D eigenvalue weighted by atomic mass is 16.2. The van der Waals surface area contributed by atoms with Gasteiger partial charge in [0.1, 0.15) is 29.6 Å². The molecular weight excluding hydrogens is 428 g/mol. The lowest BCUT2D eigenvalue weighted by atomic mass is 10.0. The van der Waals surface area contributed by atoms with Crippen LogP contribution in [-0.2, 0) is 4.79 Å². The van der Waals surface area contributed by atoms with E-state index in [2.05, 4.69) is 26.8 Å². The van der Waals surface area contributed by atoms with Gasteiger partial charge < -0.3 is 20.9 Å². The van der Waals surface area contributed by atoms with Gasteiger partial charge in [-0.2, -0.15) is 5.26 Å². The maximum absolute atomic E-state index is 12.7. The highest BCUT2D eigenvalue weighted by Crippen LogP contribution is 2.24. The Morgan fingerprint density at radius 3 is 2.76 bits per heavy atom. The largest absolute Gasteiger partial charge is 0.383 e. The van der Waals surface area contributed by atoms with E-state index in [-0.39, 0.29) is 30.2 Å². The summed E-state index contributed by atoms with van der Waals surface area (Å²) in [5.41, 5.74) is 8.72. The summed E-state index contributed by atoms with van der Waals surface area (Å²) in [6, 6.07) is 18.4. The predicted molar refractivity (Wildman–Crippen MR) is 133 cm³/mol. The molecule has 0 saturated carbocycles. The fraction of sp³-hybridized carbons (Fsp3) is 0.0800. The number of fused-ring (bicyclic) bond motifs is 1. The summed E-state index contributed by atoms with van der Waals surface area (Å²) in [4.78, 5) is 25.7. The number of nitrogens with zero attached hydrogens (tertiary/aromatic N) is 4. The Kier molecular flexibility index (Phi) is 6.32. The number of amides is 1. The van der Waals surface area contributed by atoms with Gasteiger partial charge in [0.05, 0.1) is 11.3 Å². The lowest BCUT2D eigenvalue weighted by molar-refractivity contribution is -0.114. The predicted octanol–water partition coefficient (Wildman–Crippen LogP) is 3.48. The topological polar surface area (TPSA) is 148 Å². The second-order valence-corrected chi connectivity index (χ2v) is 7.45. The van der Waals surface area contributed by atoms with Crippen molar-refractivity contribution in [2.75, 3.05) is 29.0 Å². The van der Waals surface area contributed by atoms with Gasteiger partial charge in [0, 0.05) is 36.1 Å². The maximum Gasteiger partial charge on any atom is 0.268 e. The van der Waals surface area contributed by atoms with Crippen molar-refractivity contribution < 1.29 is 4.79 Å². The minimum atomic E-state index is -0.482. The molecule has 0 aliphatic heterocycles. The number of hydrogen-bond acceptors (Lipinski definition) is 7. The first-order chi connectivity index (χ1) is 16.5. The molecule has 0 fully saturated rings. The third kappa shape index (κ3) is 4.47. The van der Waals surface area contributed by atoms with Crippen LogP contribution in [-0.4, -0.2) is 39.7 Å². The second-order valence-electron chi connectivity index (χ2n) is 7.45. The smallest absolute Gasteiger partial charge is 0.268 e. The number of nitriles is 1. The minimum Gasteiger partial charge on any atom is -0.383 e. The van der Waals surface area contributed by atoms with Crippen LogP contribution in [0, 0.1) is 16.7 Å². The molecule has 0 unspecified atom stereocenters. The molecule has 4 rings (SSSR count). The average molecular weight is 451 g/mol. The van der Waals surface area contributed by atoms with E-state index in [1.165, 1.54) is 11.2 Å². The fourth-order valence-electron chi connectivity index (χ4n) is 3.58. The number of nitrogen functional groups attached to an aromatic ring is 1. The molecule has 4 aromatic rings. The van der Waals surface area contributed by atoms with Crippen molar-refractivity contribution in [3.63, 3.8) is 0 Å². The molecule has 168 valence electrons. The van der Waals surface area contributed by atoms with Crippen molar-refractivity contribution in [2.24, 2.45) is 0 Å². The number of carbonyl (C=O) groups is 1. The second kappa shape index (κ2) is 9.67. The van der Waals surface area contributed by atoms with Crippen LogP contribution in [0.3, 0.4) is 0 Å². The van der Waals surface area contributed by atoms with Gasteiger partial charge in [-0.1, -0.05) is 36.9 Å². The van der Waals surface area contributed by atoms with Gasteiger partial charge in [0.15, 0.2) is 0 Å². The van der Waals surface area contributed by atoms with Gasteiger partial charge in [-0.3, -0.25) is 10.2 Å². The normalized spacial score (nSPS) is 10.4. The standard InChI is InChI=1S/C25H22N8O/c1-16(14-26)25(34)33(19-5-3-2-4-6-19)12-11-30-24-21(23(28)31-15-32-24)22(27)18-8-7-17-9-10-29-20(17)13-18/h2-10,13,15,27,29H,1,11-12H2,(H3,28,30,31,32). The zero-order chi connectivity index (χ0) is 24.1. The number of rotatable bonds is 8. The molecule has 2 aromatic carbocycles. The van der Waals surface area contributed by atoms with E-state index < -0.39 is 5.91 Å². The summed E-state index contributed by atoms with van der Waals surface area (Å²) in [6.45, 7) is 4.06. The fourth-order valence-corrected chi connectivity index (χ4v) is 3.58. The van der Waals surface area contributed by atoms with Gasteiger partial charge in [-0.15, -0.1) is 0 Å². The van der Waals surface area contributed by atoms with Crippen molar-refractivity contribution in [2.45, 2.75) is 0 Å². The third-order valence-corrected chi connectivity index (χ3v) is 5.30. The molecule has 0 aliphatic carbocycles. The first-order valence-corrected chi connectivity index (χ1v) is 10.5. The molecule has 5 N–H and O–H groups in total. The van der Waals surface area contributed by atoms with E-state index in [1.54, 1.807) is 12.1 Å². The molecule has 0 saturated heterocycles. The highest BCUT2D eigenvalue weighted by Gasteiger charge is 2.20. The number of nitrogens with one attached hydrogen (secondary N) is 3. The van der Waals surface area contributed by atoms with Gasteiger partial charge >= 0.3 is 0 Å². The average Bonchev–Trinajstić information content (AvgIpc) is 3.34. The Morgan fingerprint density at radius 1 is 1.21 bits per heavy atom. The Balaban J connectivity index is 1.56. The number of benzene rings is 2. The van der Waals surface area contributed by atoms with Crippen molar-refractivity contribution in [3.8, 4) is 6.07 Å². The van der Waals surface area contributed by atoms with Gasteiger partial charge in [0.2, 0.25) is 0 Å². The number of aromatic nitrogens is 3. The highest BCUT2D eigenvalue weighted by molar-refractivity contribution is 6.17. The van der Waals surface area contributed by atoms with E-state index >= 15 is 0 Å². The maximum atomic E-state index is 12.7. The monoisotopic (exact) mass is 450 g/mol. The van der Waals surface area contributed by atoms with Gasteiger partial charge in [-0.25, -0.2) is 9.97 Å². The molecule has 0 radical (unpaired) electrons. The van der Waals surface area contributed by atoms with Crippen molar-refractivity contribution in [1.82, 2.24) is 15.0 Å². The van der Waals surface area contributed by atoms with E-state index in [9.17, 15) is 4.79 Å². The van der Waals surface area contributed by atoms with E-state index in [4.69, 9.17) is 16.4 Å². The van der Waals surface area contributed by atoms with E-state index in [1.807, 2.05) is 54.7 Å². The van der Waals surface area contributed by atoms with Gasteiger partial charge in [-0.05, 0) is 29.7 Å². The summed E-state index contributed by atoms with van der Waals surface area (Å²) < 4.78 is 0. The van der Waals surface area contributed by atoms with Crippen molar-refractivity contribution in [3.05, 3.63) is 90.4 Å². The first kappa shape index (κ1) is 22.2. The summed E-state index contributed by atoms with van der Waals surface area (Å²) >= 11 is 0. The minimum absolute atomic E-state index is 0.155. The molecule has 9 nitrogen and oxygen atoms in total. The van der Waals surface area contributed by atoms with Crippen LogP contribution in [0.2, 0.25) is 0 Å². The molecule has 34 heavy (non-hydrogen) atoms. The molecule has 9 heteroatoms. The summed E-state index contributed by atoms with van der Waals surface area (Å²) in [5, 5.41) is 22.1. The van der Waals surface area contributed by atoms with Crippen LogP contribution >= 0.6 is 0 Å². The number of H-pyrrole nitrogens is 1. The molecule has 2 heterocycles. The molecule has 0 atom stereocenters. The third-order valence-electron chi connectivity index (χ3n) is 5.30. The number of hydrogen-bond donors (Lipinski definition) is 4. The Bertz CT molecular complexity index is 1420. The molecule has 0 aliphatic rings. The van der Waals surface area contributed by atoms with Crippen molar-refractivity contribution >= 4 is 39.8 Å². The SMILES string of the molecule is C=C(C#N)C(=O)N(CCNc1ncnc(N)c1C(=N)c1ccc2cc[nH]c2c1)c1ccccc1. The van der Waals surface area contributed by atoms with Crippen molar-refractivity contribution in [1.29, 1.82) is 10.7 Å². The molecule has 0 bridgehead atoms. The van der Waals surface area contributed by atoms with Crippen LogP contribution in [0.4, 0.5) is 17.3 Å². The zero-order valence-electron chi connectivity index (χ0n) is 18.2. The summed E-state index contributed by atoms with van der Waals surface area (Å²) in [7, 11) is 0. The van der Waals surface area contributed by atoms with Crippen LogP contribution < -0.4 is 16.0 Å². The Morgan fingerprint density at radius 2 is 2.00 bits per heavy atom.